The summed E-state index contributed by atoms with van der Waals surface area (Å²) in [7, 11) is 0. The van der Waals surface area contributed by atoms with Crippen molar-refractivity contribution in [2.75, 3.05) is 0 Å². The molecule has 0 N–H and O–H groups in total. The Balaban J connectivity index is 1.14. The van der Waals surface area contributed by atoms with E-state index in [0.29, 0.717) is 23.2 Å². The predicted octanol–water partition coefficient (Wildman–Crippen LogP) is 13.7. The first kappa shape index (κ1) is 39.0. The summed E-state index contributed by atoms with van der Waals surface area (Å²) in [5, 5.41) is 0. The maximum Gasteiger partial charge on any atom is 0.306 e. The van der Waals surface area contributed by atoms with Crippen LogP contribution < -0.4 is 0 Å². The third kappa shape index (κ3) is 10.1. The number of esters is 1. The topological polar surface area (TPSA) is 26.3 Å². The molecule has 0 saturated heterocycles. The van der Waals surface area contributed by atoms with Gasteiger partial charge < -0.3 is 4.74 Å². The van der Waals surface area contributed by atoms with Gasteiger partial charge in [-0.05, 0) is 143 Å². The Hall–Kier alpha value is -1.83. The van der Waals surface area contributed by atoms with E-state index in [9.17, 15) is 4.79 Å². The molecule has 3 fully saturated rings. The van der Waals surface area contributed by atoms with E-state index in [2.05, 4.69) is 90.7 Å². The molecular weight excluding hydrogens is 585 g/mol. The Bertz CT molecular complexity index is 1140. The SMILES string of the molecule is C=C(CC[C@H](C)[C@H]1CC[C@@H]2[C@H]3CC=C4C[C@@H](OC(=O)CCCCCCC/C=C\C/C=C\C/C=C\CC)CC[C@@]4(C)[C@@H]3CC[C@@]21C)C(C)C. The Morgan fingerprint density at radius 3 is 2.33 bits per heavy atom. The molecule has 0 aromatic rings. The smallest absolute Gasteiger partial charge is 0.306 e. The van der Waals surface area contributed by atoms with E-state index in [4.69, 9.17) is 4.74 Å². The van der Waals surface area contributed by atoms with E-state index in [1.54, 1.807) is 5.57 Å². The van der Waals surface area contributed by atoms with Crippen LogP contribution >= 0.6 is 0 Å². The van der Waals surface area contributed by atoms with Crippen molar-refractivity contribution < 1.29 is 9.53 Å². The van der Waals surface area contributed by atoms with E-state index in [-0.39, 0.29) is 12.1 Å². The highest BCUT2D eigenvalue weighted by atomic mass is 16.5. The highest BCUT2D eigenvalue weighted by Crippen LogP contribution is 2.67. The number of carbonyl (C=O) groups is 1. The molecule has 0 radical (unpaired) electrons. The van der Waals surface area contributed by atoms with Crippen LogP contribution in [-0.2, 0) is 9.53 Å². The lowest BCUT2D eigenvalue weighted by Crippen LogP contribution is -2.51. The van der Waals surface area contributed by atoms with Crippen LogP contribution in [0.4, 0.5) is 0 Å². The maximum atomic E-state index is 12.8. The number of hydrogen-bond acceptors (Lipinski definition) is 2. The van der Waals surface area contributed by atoms with E-state index < -0.39 is 0 Å². The zero-order valence-electron chi connectivity index (χ0n) is 32.2. The Morgan fingerprint density at radius 1 is 0.875 bits per heavy atom. The Labute approximate surface area is 297 Å². The van der Waals surface area contributed by atoms with Crippen molar-refractivity contribution in [1.82, 2.24) is 0 Å². The third-order valence-electron chi connectivity index (χ3n) is 13.9. The molecule has 2 heteroatoms. The molecular formula is C46H74O2. The molecule has 0 aliphatic heterocycles. The minimum absolute atomic E-state index is 0.0376. The van der Waals surface area contributed by atoms with Gasteiger partial charge in [0.05, 0.1) is 0 Å². The fourth-order valence-electron chi connectivity index (χ4n) is 10.7. The molecule has 0 amide bonds. The normalized spacial score (nSPS) is 32.4. The number of unbranched alkanes of at least 4 members (excludes halogenated alkanes) is 5. The second-order valence-electron chi connectivity index (χ2n) is 17.3. The van der Waals surface area contributed by atoms with E-state index in [0.717, 1.165) is 74.5 Å². The summed E-state index contributed by atoms with van der Waals surface area (Å²) in [5.41, 5.74) is 3.88. The van der Waals surface area contributed by atoms with Gasteiger partial charge >= 0.3 is 5.97 Å². The highest BCUT2D eigenvalue weighted by molar-refractivity contribution is 5.69. The lowest BCUT2D eigenvalue weighted by molar-refractivity contribution is -0.151. The summed E-state index contributed by atoms with van der Waals surface area (Å²) >= 11 is 0. The lowest BCUT2D eigenvalue weighted by atomic mass is 9.47. The van der Waals surface area contributed by atoms with Crippen molar-refractivity contribution in [1.29, 1.82) is 0 Å². The third-order valence-corrected chi connectivity index (χ3v) is 13.9. The summed E-state index contributed by atoms with van der Waals surface area (Å²) < 4.78 is 6.12. The molecule has 0 aromatic carbocycles. The number of ether oxygens (including phenoxy) is 1. The van der Waals surface area contributed by atoms with Crippen molar-refractivity contribution in [3.63, 3.8) is 0 Å². The first-order valence-electron chi connectivity index (χ1n) is 20.6. The van der Waals surface area contributed by atoms with Crippen molar-refractivity contribution in [3.05, 3.63) is 60.3 Å². The lowest BCUT2D eigenvalue weighted by Gasteiger charge is -2.58. The summed E-state index contributed by atoms with van der Waals surface area (Å²) in [4.78, 5) is 12.8. The molecule has 270 valence electrons. The molecule has 4 aliphatic carbocycles. The number of rotatable bonds is 19. The molecule has 48 heavy (non-hydrogen) atoms. The molecule has 0 unspecified atom stereocenters. The zero-order chi connectivity index (χ0) is 34.6. The Kier molecular flexibility index (Phi) is 15.4. The molecule has 2 nitrogen and oxygen atoms in total. The van der Waals surface area contributed by atoms with Gasteiger partial charge in [0.2, 0.25) is 0 Å². The minimum Gasteiger partial charge on any atom is -0.462 e. The van der Waals surface area contributed by atoms with E-state index >= 15 is 0 Å². The van der Waals surface area contributed by atoms with Crippen LogP contribution in [0.5, 0.6) is 0 Å². The number of allylic oxidation sites excluding steroid dienone is 8. The first-order chi connectivity index (χ1) is 23.1. The van der Waals surface area contributed by atoms with Crippen LogP contribution in [-0.4, -0.2) is 12.1 Å². The fourth-order valence-corrected chi connectivity index (χ4v) is 10.7. The van der Waals surface area contributed by atoms with Gasteiger partial charge in [0.1, 0.15) is 6.10 Å². The quantitative estimate of drug-likeness (QED) is 0.0784. The molecule has 0 spiro atoms. The fraction of sp³-hybridized carbons (Fsp3) is 0.761. The van der Waals surface area contributed by atoms with Crippen molar-refractivity contribution in [3.8, 4) is 0 Å². The van der Waals surface area contributed by atoms with Crippen molar-refractivity contribution >= 4 is 5.97 Å². The van der Waals surface area contributed by atoms with E-state index in [1.165, 1.54) is 82.6 Å². The molecule has 4 rings (SSSR count). The van der Waals surface area contributed by atoms with Crippen molar-refractivity contribution in [2.24, 2.45) is 46.3 Å². The largest absolute Gasteiger partial charge is 0.462 e. The van der Waals surface area contributed by atoms with Gasteiger partial charge in [-0.25, -0.2) is 0 Å². The van der Waals surface area contributed by atoms with Crippen LogP contribution in [0.2, 0.25) is 0 Å². The van der Waals surface area contributed by atoms with Crippen molar-refractivity contribution in [2.45, 2.75) is 176 Å². The number of fused-ring (bicyclic) bond motifs is 5. The monoisotopic (exact) mass is 659 g/mol. The molecule has 3 saturated carbocycles. The van der Waals surface area contributed by atoms with Gasteiger partial charge in [0, 0.05) is 12.8 Å². The average Bonchev–Trinajstić information content (AvgIpc) is 3.42. The Morgan fingerprint density at radius 2 is 1.58 bits per heavy atom. The van der Waals surface area contributed by atoms with Gasteiger partial charge in [0.25, 0.3) is 0 Å². The number of carbonyl (C=O) groups excluding carboxylic acids is 1. The molecule has 8 atom stereocenters. The summed E-state index contributed by atoms with van der Waals surface area (Å²) in [6, 6.07) is 0. The zero-order valence-corrected chi connectivity index (χ0v) is 32.2. The van der Waals surface area contributed by atoms with Crippen LogP contribution in [0.1, 0.15) is 170 Å². The highest BCUT2D eigenvalue weighted by Gasteiger charge is 2.59. The van der Waals surface area contributed by atoms with Gasteiger partial charge in [-0.2, -0.15) is 0 Å². The molecule has 0 bridgehead atoms. The first-order valence-corrected chi connectivity index (χ1v) is 20.6. The van der Waals surface area contributed by atoms with Gasteiger partial charge in [-0.15, -0.1) is 0 Å². The molecule has 0 heterocycles. The summed E-state index contributed by atoms with van der Waals surface area (Å²) in [6.45, 7) is 19.0. The summed E-state index contributed by atoms with van der Waals surface area (Å²) in [5.74, 6) is 4.85. The van der Waals surface area contributed by atoms with E-state index in [1.807, 2.05) is 0 Å². The second kappa shape index (κ2) is 19.0. The van der Waals surface area contributed by atoms with Crippen LogP contribution in [0.15, 0.2) is 60.3 Å². The summed E-state index contributed by atoms with van der Waals surface area (Å²) in [6.07, 6.45) is 39.7. The van der Waals surface area contributed by atoms with Crippen LogP contribution in [0, 0.1) is 46.3 Å². The molecule has 0 aromatic heterocycles. The number of hydrogen-bond donors (Lipinski definition) is 0. The average molecular weight is 659 g/mol. The predicted molar refractivity (Wildman–Crippen MR) is 207 cm³/mol. The van der Waals surface area contributed by atoms with Gasteiger partial charge in [0.15, 0.2) is 0 Å². The molecule has 4 aliphatic rings. The minimum atomic E-state index is 0.0376. The van der Waals surface area contributed by atoms with Gasteiger partial charge in [-0.3, -0.25) is 4.79 Å². The van der Waals surface area contributed by atoms with Crippen LogP contribution in [0.3, 0.4) is 0 Å². The second-order valence-corrected chi connectivity index (χ2v) is 17.3. The standard InChI is InChI=1S/C46H74O2/c1-8-9-10-11-12-13-14-15-16-17-18-19-20-21-22-23-44(47)48-39-30-32-45(6)38(34-39)26-27-40-42-29-28-41(46(42,7)33-31-43(40)45)37(5)25-24-36(4)35(2)3/h9-10,12-13,15-16,26,35,37,39-43H,4,8,11,14,17-25,27-34H2,1-3,5-7H3/b10-9-,13-12-,16-15-/t37-,39-,40+,41+,42+,43+,45+,46+/m0/s1. The van der Waals surface area contributed by atoms with Crippen LogP contribution in [0.25, 0.3) is 0 Å². The maximum absolute atomic E-state index is 12.8. The van der Waals surface area contributed by atoms with Gasteiger partial charge in [-0.1, -0.05) is 121 Å².